The van der Waals surface area contributed by atoms with Crippen LogP contribution >= 0.6 is 11.3 Å². The quantitative estimate of drug-likeness (QED) is 0.930. The van der Waals surface area contributed by atoms with Crippen molar-refractivity contribution in [2.45, 2.75) is 19.4 Å². The van der Waals surface area contributed by atoms with Gasteiger partial charge < -0.3 is 15.1 Å². The van der Waals surface area contributed by atoms with Crippen molar-refractivity contribution in [3.8, 4) is 0 Å². The Kier molecular flexibility index (Phi) is 4.87. The van der Waals surface area contributed by atoms with Crippen molar-refractivity contribution >= 4 is 27.5 Å². The monoisotopic (exact) mass is 331 g/mol. The van der Waals surface area contributed by atoms with E-state index in [1.54, 1.807) is 11.3 Å². The van der Waals surface area contributed by atoms with Gasteiger partial charge in [-0.15, -0.1) is 11.3 Å². The van der Waals surface area contributed by atoms with Crippen molar-refractivity contribution in [2.24, 2.45) is 5.92 Å². The predicted molar refractivity (Wildman–Crippen MR) is 97.0 cm³/mol. The summed E-state index contributed by atoms with van der Waals surface area (Å²) < 4.78 is 1.27. The number of fused-ring (bicyclic) bond motifs is 1. The van der Waals surface area contributed by atoms with Crippen LogP contribution in [0.1, 0.15) is 24.9 Å². The second kappa shape index (κ2) is 6.89. The minimum Gasteiger partial charge on any atom is -0.331 e. The molecule has 2 amide bonds. The third-order valence-corrected chi connectivity index (χ3v) is 5.67. The lowest BCUT2D eigenvalue weighted by Crippen LogP contribution is -2.41. The first-order valence-corrected chi connectivity index (χ1v) is 9.09. The van der Waals surface area contributed by atoms with E-state index in [1.807, 2.05) is 11.9 Å². The molecule has 2 atom stereocenters. The van der Waals surface area contributed by atoms with Gasteiger partial charge in [-0.1, -0.05) is 18.2 Å². The van der Waals surface area contributed by atoms with Crippen LogP contribution in [0, 0.1) is 5.92 Å². The van der Waals surface area contributed by atoms with Gasteiger partial charge in [-0.25, -0.2) is 4.79 Å². The van der Waals surface area contributed by atoms with E-state index in [2.05, 4.69) is 53.8 Å². The molecule has 1 N–H and O–H groups in total. The van der Waals surface area contributed by atoms with Crippen LogP contribution in [-0.2, 0) is 0 Å². The van der Waals surface area contributed by atoms with Crippen molar-refractivity contribution < 1.29 is 4.79 Å². The highest BCUT2D eigenvalue weighted by molar-refractivity contribution is 7.17. The largest absolute Gasteiger partial charge is 0.331 e. The molecule has 1 aliphatic heterocycles. The Labute approximate surface area is 142 Å². The minimum atomic E-state index is 0.0161. The lowest BCUT2D eigenvalue weighted by Gasteiger charge is -2.24. The van der Waals surface area contributed by atoms with Crippen molar-refractivity contribution in [2.75, 3.05) is 33.7 Å². The summed E-state index contributed by atoms with van der Waals surface area (Å²) in [5.41, 5.74) is 1.20. The zero-order valence-electron chi connectivity index (χ0n) is 14.1. The Bertz CT molecular complexity index is 684. The van der Waals surface area contributed by atoms with Crippen LogP contribution in [0.3, 0.4) is 0 Å². The third kappa shape index (κ3) is 3.67. The first-order chi connectivity index (χ1) is 11.0. The molecular weight excluding hydrogens is 306 g/mol. The average Bonchev–Trinajstić information content (AvgIpc) is 3.13. The molecule has 4 nitrogen and oxygen atoms in total. The molecule has 1 aromatic heterocycles. The normalized spacial score (nSPS) is 19.9. The third-order valence-electron chi connectivity index (χ3n) is 4.69. The average molecular weight is 331 g/mol. The highest BCUT2D eigenvalue weighted by Crippen LogP contribution is 2.30. The molecule has 0 bridgehead atoms. The molecule has 0 spiro atoms. The molecule has 0 aliphatic carbocycles. The van der Waals surface area contributed by atoms with Gasteiger partial charge in [-0.2, -0.15) is 0 Å². The van der Waals surface area contributed by atoms with Crippen molar-refractivity contribution in [1.29, 1.82) is 0 Å². The van der Waals surface area contributed by atoms with Crippen LogP contribution in [-0.4, -0.2) is 49.6 Å². The van der Waals surface area contributed by atoms with Gasteiger partial charge in [0, 0.05) is 24.8 Å². The maximum absolute atomic E-state index is 12.5. The van der Waals surface area contributed by atoms with Gasteiger partial charge in [0.05, 0.1) is 6.04 Å². The molecule has 2 aromatic rings. The molecule has 1 aliphatic rings. The topological polar surface area (TPSA) is 35.6 Å². The number of urea groups is 1. The molecule has 23 heavy (non-hydrogen) atoms. The molecule has 0 radical (unpaired) electrons. The molecule has 124 valence electrons. The fourth-order valence-electron chi connectivity index (χ4n) is 3.35. The molecule has 1 aromatic carbocycles. The summed E-state index contributed by atoms with van der Waals surface area (Å²) in [4.78, 5) is 16.6. The Morgan fingerprint density at radius 3 is 3.00 bits per heavy atom. The molecule has 5 heteroatoms. The summed E-state index contributed by atoms with van der Waals surface area (Å²) in [6, 6.07) is 8.39. The van der Waals surface area contributed by atoms with Crippen LogP contribution in [0.25, 0.3) is 10.1 Å². The van der Waals surface area contributed by atoms with E-state index >= 15 is 0 Å². The fraction of sp³-hybridized carbons (Fsp3) is 0.500. The van der Waals surface area contributed by atoms with Gasteiger partial charge in [0.25, 0.3) is 0 Å². The number of carbonyl (C=O) groups excluding carboxylic acids is 1. The highest BCUT2D eigenvalue weighted by Gasteiger charge is 2.23. The number of carbonyl (C=O) groups is 1. The number of thiophene rings is 1. The van der Waals surface area contributed by atoms with Crippen molar-refractivity contribution in [3.05, 3.63) is 35.2 Å². The fourth-order valence-corrected chi connectivity index (χ4v) is 4.41. The molecule has 0 saturated carbocycles. The zero-order chi connectivity index (χ0) is 16.4. The molecule has 1 fully saturated rings. The zero-order valence-corrected chi connectivity index (χ0v) is 14.9. The number of rotatable bonds is 4. The number of likely N-dealkylation sites (tertiary alicyclic amines) is 1. The van der Waals surface area contributed by atoms with Crippen molar-refractivity contribution in [3.63, 3.8) is 0 Å². The van der Waals surface area contributed by atoms with E-state index < -0.39 is 0 Å². The summed E-state index contributed by atoms with van der Waals surface area (Å²) in [5, 5.41) is 6.53. The van der Waals surface area contributed by atoms with Crippen LogP contribution < -0.4 is 5.32 Å². The van der Waals surface area contributed by atoms with Gasteiger partial charge in [0.2, 0.25) is 0 Å². The van der Waals surface area contributed by atoms with Gasteiger partial charge in [-0.3, -0.25) is 0 Å². The van der Waals surface area contributed by atoms with E-state index in [0.29, 0.717) is 5.92 Å². The van der Waals surface area contributed by atoms with E-state index in [9.17, 15) is 4.79 Å². The Morgan fingerprint density at radius 1 is 1.48 bits per heavy atom. The Balaban J connectivity index is 1.60. The first-order valence-electron chi connectivity index (χ1n) is 8.21. The van der Waals surface area contributed by atoms with E-state index in [4.69, 9.17) is 0 Å². The second-order valence-corrected chi connectivity index (χ2v) is 7.57. The van der Waals surface area contributed by atoms with E-state index in [-0.39, 0.29) is 12.1 Å². The Hall–Kier alpha value is -1.59. The highest BCUT2D eigenvalue weighted by atomic mass is 32.1. The van der Waals surface area contributed by atoms with Crippen LogP contribution in [0.5, 0.6) is 0 Å². The molecule has 2 heterocycles. The minimum absolute atomic E-state index is 0.0161. The van der Waals surface area contributed by atoms with E-state index in [1.165, 1.54) is 22.1 Å². The summed E-state index contributed by atoms with van der Waals surface area (Å²) in [7, 11) is 4.04. The smallest absolute Gasteiger partial charge is 0.317 e. The maximum atomic E-state index is 12.5. The van der Waals surface area contributed by atoms with Crippen molar-refractivity contribution in [1.82, 2.24) is 15.1 Å². The van der Waals surface area contributed by atoms with Gasteiger partial charge in [0.15, 0.2) is 0 Å². The second-order valence-electron chi connectivity index (χ2n) is 6.66. The molecule has 1 saturated heterocycles. The summed E-state index contributed by atoms with van der Waals surface area (Å²) >= 11 is 1.73. The predicted octanol–water partition coefficient (Wildman–Crippen LogP) is 3.56. The molecule has 0 unspecified atom stereocenters. The van der Waals surface area contributed by atoms with Crippen LogP contribution in [0.4, 0.5) is 4.79 Å². The van der Waals surface area contributed by atoms with Crippen LogP contribution in [0.2, 0.25) is 0 Å². The standard InChI is InChI=1S/C18H25N3OS/c1-13(16-12-23-17-7-5-4-6-15(16)17)19-18(22)21(3)11-14-8-9-20(2)10-14/h4-7,12-14H,8-11H2,1-3H3,(H,19,22)/t13-,14+/m1/s1. The summed E-state index contributed by atoms with van der Waals surface area (Å²) in [6.45, 7) is 5.11. The van der Waals surface area contributed by atoms with Crippen LogP contribution in [0.15, 0.2) is 29.6 Å². The maximum Gasteiger partial charge on any atom is 0.317 e. The number of hydrogen-bond acceptors (Lipinski definition) is 3. The number of nitrogens with one attached hydrogen (secondary N) is 1. The first kappa shape index (κ1) is 16.3. The van der Waals surface area contributed by atoms with E-state index in [0.717, 1.165) is 19.6 Å². The number of nitrogens with zero attached hydrogens (tertiary/aromatic N) is 2. The summed E-state index contributed by atoms with van der Waals surface area (Å²) in [6.07, 6.45) is 1.18. The number of benzene rings is 1. The lowest BCUT2D eigenvalue weighted by atomic mass is 10.1. The van der Waals surface area contributed by atoms with Gasteiger partial charge >= 0.3 is 6.03 Å². The molecular formula is C18H25N3OS. The lowest BCUT2D eigenvalue weighted by molar-refractivity contribution is 0.197. The Morgan fingerprint density at radius 2 is 2.26 bits per heavy atom. The summed E-state index contributed by atoms with van der Waals surface area (Å²) in [5.74, 6) is 0.591. The SMILES string of the molecule is C[C@@H](NC(=O)N(C)C[C@H]1CCN(C)C1)c1csc2ccccc12. The number of amides is 2. The number of hydrogen-bond donors (Lipinski definition) is 1. The van der Waals surface area contributed by atoms with Gasteiger partial charge in [-0.05, 0) is 55.3 Å². The molecule has 3 rings (SSSR count). The van der Waals surface area contributed by atoms with Gasteiger partial charge in [0.1, 0.15) is 0 Å².